The van der Waals surface area contributed by atoms with Crippen molar-refractivity contribution in [3.8, 4) is 5.75 Å². The Hall–Kier alpha value is -1.97. The van der Waals surface area contributed by atoms with E-state index in [1.807, 2.05) is 39.8 Å². The molecule has 0 saturated carbocycles. The average Bonchev–Trinajstić information content (AvgIpc) is 2.96. The zero-order chi connectivity index (χ0) is 14.2. The van der Waals surface area contributed by atoms with E-state index in [-0.39, 0.29) is 6.42 Å². The van der Waals surface area contributed by atoms with Crippen LogP contribution in [-0.4, -0.2) is 11.1 Å². The molecule has 19 heavy (non-hydrogen) atoms. The summed E-state index contributed by atoms with van der Waals surface area (Å²) in [5.74, 6) is 0.322. The van der Waals surface area contributed by atoms with Crippen molar-refractivity contribution in [1.29, 1.82) is 0 Å². The molecule has 102 valence electrons. The normalized spacial score (nSPS) is 13.6. The highest BCUT2D eigenvalue weighted by atomic mass is 16.7. The molecule has 0 aromatic heterocycles. The second kappa shape index (κ2) is 4.61. The smallest absolute Gasteiger partial charge is 0.327 e. The highest BCUT2D eigenvalue weighted by molar-refractivity contribution is 5.69. The van der Waals surface area contributed by atoms with Gasteiger partial charge in [-0.1, -0.05) is 19.9 Å². The summed E-state index contributed by atoms with van der Waals surface area (Å²) in [7, 11) is 0. The molecule has 0 bridgehead atoms. The van der Waals surface area contributed by atoms with Crippen molar-refractivity contribution >= 4 is 5.97 Å². The molecule has 0 radical (unpaired) electrons. The molecule has 0 unspecified atom stereocenters. The number of ether oxygens (including phenoxy) is 2. The third-order valence-corrected chi connectivity index (χ3v) is 3.14. The van der Waals surface area contributed by atoms with Crippen molar-refractivity contribution in [3.63, 3.8) is 0 Å². The molecule has 0 amide bonds. The number of carbonyl (C=O) groups is 1. The molecule has 2 rings (SSSR count). The summed E-state index contributed by atoms with van der Waals surface area (Å²) in [4.78, 5) is 11.0. The first-order valence-corrected chi connectivity index (χ1v) is 6.18. The van der Waals surface area contributed by atoms with Gasteiger partial charge in [-0.15, -0.1) is 0 Å². The maximum absolute atomic E-state index is 11.0. The standard InChI is InChI=1S/C15H18O4/c1-9-5-10(2)14(15(3,4)7-12(16)17)11(6-9)19-13-8-18-13/h5-6,8H,7H2,1-4H3,(H,16,17). The number of hydrogen-bond acceptors (Lipinski definition) is 3. The fourth-order valence-corrected chi connectivity index (χ4v) is 2.52. The van der Waals surface area contributed by atoms with Gasteiger partial charge in [0, 0.05) is 11.0 Å². The van der Waals surface area contributed by atoms with Crippen LogP contribution in [0.5, 0.6) is 5.75 Å². The van der Waals surface area contributed by atoms with Gasteiger partial charge in [-0.05, 0) is 31.0 Å². The molecule has 0 aliphatic carbocycles. The Morgan fingerprint density at radius 1 is 1.37 bits per heavy atom. The summed E-state index contributed by atoms with van der Waals surface area (Å²) in [5.41, 5.74) is 2.51. The van der Waals surface area contributed by atoms with Crippen LogP contribution in [0, 0.1) is 13.8 Å². The van der Waals surface area contributed by atoms with E-state index in [9.17, 15) is 4.79 Å². The highest BCUT2D eigenvalue weighted by Crippen LogP contribution is 2.39. The number of aliphatic carboxylic acids is 1. The summed E-state index contributed by atoms with van der Waals surface area (Å²) in [6, 6.07) is 3.95. The van der Waals surface area contributed by atoms with Crippen LogP contribution in [0.1, 0.15) is 37.0 Å². The molecule has 1 heterocycles. The van der Waals surface area contributed by atoms with E-state index >= 15 is 0 Å². The third kappa shape index (κ3) is 3.08. The van der Waals surface area contributed by atoms with E-state index < -0.39 is 11.4 Å². The minimum absolute atomic E-state index is 0.0488. The number of hydrogen-bond donors (Lipinski definition) is 1. The summed E-state index contributed by atoms with van der Waals surface area (Å²) in [6.45, 7) is 7.78. The van der Waals surface area contributed by atoms with Crippen molar-refractivity contribution in [2.75, 3.05) is 0 Å². The van der Waals surface area contributed by atoms with Gasteiger partial charge in [0.15, 0.2) is 6.26 Å². The topological polar surface area (TPSA) is 59.1 Å². The minimum Gasteiger partial charge on any atom is -0.481 e. The Kier molecular flexibility index (Phi) is 3.27. The molecule has 4 nitrogen and oxygen atoms in total. The van der Waals surface area contributed by atoms with E-state index in [1.165, 1.54) is 6.26 Å². The Labute approximate surface area is 112 Å². The largest absolute Gasteiger partial charge is 0.481 e. The van der Waals surface area contributed by atoms with Crippen molar-refractivity contribution < 1.29 is 19.4 Å². The first kappa shape index (κ1) is 13.5. The maximum atomic E-state index is 11.0. The van der Waals surface area contributed by atoms with Gasteiger partial charge in [0.05, 0.1) is 6.42 Å². The van der Waals surface area contributed by atoms with E-state index in [0.29, 0.717) is 11.7 Å². The van der Waals surface area contributed by atoms with Gasteiger partial charge in [-0.2, -0.15) is 0 Å². The van der Waals surface area contributed by atoms with Gasteiger partial charge >= 0.3 is 11.9 Å². The van der Waals surface area contributed by atoms with Crippen LogP contribution < -0.4 is 4.74 Å². The lowest BCUT2D eigenvalue weighted by atomic mass is 9.78. The van der Waals surface area contributed by atoms with E-state index in [1.54, 1.807) is 0 Å². The second-order valence-electron chi connectivity index (χ2n) is 5.57. The van der Waals surface area contributed by atoms with Crippen LogP contribution in [-0.2, 0) is 14.9 Å². The number of carboxylic acid groups (broad SMARTS) is 1. The first-order valence-electron chi connectivity index (χ1n) is 6.18. The predicted molar refractivity (Wildman–Crippen MR) is 71.0 cm³/mol. The molecular weight excluding hydrogens is 244 g/mol. The predicted octanol–water partition coefficient (Wildman–Crippen LogP) is 3.26. The van der Waals surface area contributed by atoms with E-state index in [4.69, 9.17) is 14.6 Å². The Bertz CT molecular complexity index is 556. The van der Waals surface area contributed by atoms with Crippen LogP contribution in [0.4, 0.5) is 0 Å². The first-order chi connectivity index (χ1) is 8.79. The van der Waals surface area contributed by atoms with Crippen molar-refractivity contribution in [1.82, 2.24) is 0 Å². The van der Waals surface area contributed by atoms with Crippen molar-refractivity contribution in [3.05, 3.63) is 41.0 Å². The van der Waals surface area contributed by atoms with Gasteiger partial charge in [0.2, 0.25) is 0 Å². The van der Waals surface area contributed by atoms with Crippen molar-refractivity contribution in [2.24, 2.45) is 0 Å². The van der Waals surface area contributed by atoms with Crippen LogP contribution in [0.25, 0.3) is 0 Å². The summed E-state index contributed by atoms with van der Waals surface area (Å²) >= 11 is 0. The van der Waals surface area contributed by atoms with Gasteiger partial charge in [0.25, 0.3) is 0 Å². The Morgan fingerprint density at radius 3 is 2.53 bits per heavy atom. The second-order valence-corrected chi connectivity index (χ2v) is 5.57. The van der Waals surface area contributed by atoms with E-state index in [2.05, 4.69) is 0 Å². The summed E-state index contributed by atoms with van der Waals surface area (Å²) < 4.78 is 10.5. The number of benzene rings is 1. The quantitative estimate of drug-likeness (QED) is 0.884. The lowest BCUT2D eigenvalue weighted by Gasteiger charge is -2.27. The highest BCUT2D eigenvalue weighted by Gasteiger charge is 2.30. The van der Waals surface area contributed by atoms with Crippen LogP contribution in [0.15, 0.2) is 24.3 Å². The zero-order valence-corrected chi connectivity index (χ0v) is 11.6. The average molecular weight is 262 g/mol. The molecule has 1 aliphatic rings. The maximum Gasteiger partial charge on any atom is 0.327 e. The fourth-order valence-electron chi connectivity index (χ4n) is 2.52. The molecule has 0 atom stereocenters. The number of rotatable bonds is 5. The van der Waals surface area contributed by atoms with Crippen molar-refractivity contribution in [2.45, 2.75) is 39.5 Å². The lowest BCUT2D eigenvalue weighted by molar-refractivity contribution is -0.138. The molecule has 0 fully saturated rings. The molecule has 1 N–H and O–H groups in total. The van der Waals surface area contributed by atoms with Gasteiger partial charge < -0.3 is 14.6 Å². The molecular formula is C15H18O4. The van der Waals surface area contributed by atoms with Crippen LogP contribution >= 0.6 is 0 Å². The zero-order valence-electron chi connectivity index (χ0n) is 11.6. The molecule has 1 aliphatic heterocycles. The van der Waals surface area contributed by atoms with E-state index in [0.717, 1.165) is 16.7 Å². The molecule has 0 saturated heterocycles. The lowest BCUT2D eigenvalue weighted by Crippen LogP contribution is -2.23. The summed E-state index contributed by atoms with van der Waals surface area (Å²) in [6.07, 6.45) is 1.57. The number of carboxylic acids is 1. The third-order valence-electron chi connectivity index (χ3n) is 3.14. The minimum atomic E-state index is -0.821. The molecule has 0 spiro atoms. The van der Waals surface area contributed by atoms with Gasteiger partial charge in [-0.25, -0.2) is 0 Å². The Balaban J connectivity index is 2.46. The van der Waals surface area contributed by atoms with Crippen LogP contribution in [0.3, 0.4) is 0 Å². The fraction of sp³-hybridized carbons (Fsp3) is 0.400. The molecule has 1 aromatic carbocycles. The number of aryl methyl sites for hydroxylation is 2. The van der Waals surface area contributed by atoms with Gasteiger partial charge in [-0.3, -0.25) is 4.79 Å². The Morgan fingerprint density at radius 2 is 2.00 bits per heavy atom. The van der Waals surface area contributed by atoms with Gasteiger partial charge in [0.1, 0.15) is 5.75 Å². The summed E-state index contributed by atoms with van der Waals surface area (Å²) in [5, 5.41) is 9.06. The molecule has 1 aromatic rings. The molecule has 4 heteroatoms. The van der Waals surface area contributed by atoms with Crippen LogP contribution in [0.2, 0.25) is 0 Å². The monoisotopic (exact) mass is 262 g/mol. The SMILES string of the molecule is Cc1cc(C)c(C(C)(C)CC(=O)O)c(OC2=CO2)c1.